The third-order valence-corrected chi connectivity index (χ3v) is 8.55. The van der Waals surface area contributed by atoms with E-state index < -0.39 is 28.0 Å². The van der Waals surface area contributed by atoms with Gasteiger partial charge in [-0.1, -0.05) is 19.9 Å². The Morgan fingerprint density at radius 2 is 1.91 bits per heavy atom. The first-order chi connectivity index (χ1) is 16.2. The van der Waals surface area contributed by atoms with E-state index in [4.69, 9.17) is 4.74 Å². The van der Waals surface area contributed by atoms with E-state index in [2.05, 4.69) is 4.98 Å². The third-order valence-electron chi connectivity index (χ3n) is 6.76. The van der Waals surface area contributed by atoms with E-state index in [1.807, 2.05) is 13.8 Å². The second kappa shape index (κ2) is 10.1. The molecule has 0 saturated carbocycles. The van der Waals surface area contributed by atoms with E-state index in [9.17, 15) is 22.8 Å². The molecule has 3 aliphatic rings. The molecule has 4 rings (SSSR count). The van der Waals surface area contributed by atoms with Crippen LogP contribution in [-0.4, -0.2) is 96.6 Å². The van der Waals surface area contributed by atoms with Gasteiger partial charge in [-0.25, -0.2) is 13.4 Å². The molecule has 3 saturated heterocycles. The van der Waals surface area contributed by atoms with Gasteiger partial charge in [0, 0.05) is 38.2 Å². The van der Waals surface area contributed by atoms with E-state index in [0.717, 1.165) is 0 Å². The van der Waals surface area contributed by atoms with Crippen molar-refractivity contribution in [2.24, 2.45) is 11.8 Å². The quantitative estimate of drug-likeness (QED) is 0.545. The van der Waals surface area contributed by atoms with Crippen molar-refractivity contribution in [3.05, 3.63) is 24.4 Å². The van der Waals surface area contributed by atoms with Gasteiger partial charge in [-0.2, -0.15) is 4.31 Å². The number of nitrogens with zero attached hydrogens (tertiary/aromatic N) is 4. The molecule has 0 aliphatic carbocycles. The van der Waals surface area contributed by atoms with Gasteiger partial charge in [-0.05, 0) is 30.9 Å². The molecule has 0 aromatic carbocycles. The van der Waals surface area contributed by atoms with E-state index in [1.54, 1.807) is 17.0 Å². The summed E-state index contributed by atoms with van der Waals surface area (Å²) >= 11 is 0. The Kier molecular flexibility index (Phi) is 7.34. The zero-order chi connectivity index (χ0) is 24.5. The fourth-order valence-electron chi connectivity index (χ4n) is 5.19. The first kappa shape index (κ1) is 24.7. The normalized spacial score (nSPS) is 24.5. The summed E-state index contributed by atoms with van der Waals surface area (Å²) in [6.07, 6.45) is 2.37. The molecule has 1 aromatic heterocycles. The summed E-state index contributed by atoms with van der Waals surface area (Å²) in [7, 11) is -3.96. The Morgan fingerprint density at radius 1 is 1.18 bits per heavy atom. The van der Waals surface area contributed by atoms with Crippen LogP contribution in [0.3, 0.4) is 0 Å². The van der Waals surface area contributed by atoms with Gasteiger partial charge in [0.25, 0.3) is 10.0 Å². The van der Waals surface area contributed by atoms with Crippen LogP contribution in [0.2, 0.25) is 0 Å². The fraction of sp³-hybridized carbons (Fsp3) is 0.652. The molecular formula is C23H32N4O6S. The van der Waals surface area contributed by atoms with Gasteiger partial charge in [0.2, 0.25) is 11.8 Å². The molecule has 3 aliphatic heterocycles. The Bertz CT molecular complexity index is 1030. The fourth-order valence-corrected chi connectivity index (χ4v) is 6.75. The number of fused-ring (bicyclic) bond motifs is 1. The van der Waals surface area contributed by atoms with Crippen molar-refractivity contribution in [2.45, 2.75) is 50.2 Å². The minimum Gasteiger partial charge on any atom is -0.378 e. The molecule has 10 nitrogen and oxygen atoms in total. The summed E-state index contributed by atoms with van der Waals surface area (Å²) in [4.78, 5) is 46.6. The number of sulfonamides is 1. The molecular weight excluding hydrogens is 460 g/mol. The summed E-state index contributed by atoms with van der Waals surface area (Å²) in [6, 6.07) is 3.18. The smallest absolute Gasteiger partial charge is 0.261 e. The Balaban J connectivity index is 1.51. The average molecular weight is 493 g/mol. The number of hydrogen-bond donors (Lipinski definition) is 0. The van der Waals surface area contributed by atoms with Crippen molar-refractivity contribution in [3.63, 3.8) is 0 Å². The number of likely N-dealkylation sites (tertiary alicyclic amines) is 1. The molecule has 0 radical (unpaired) electrons. The maximum atomic E-state index is 13.6. The topological polar surface area (TPSA) is 117 Å². The average Bonchev–Trinajstić information content (AvgIpc) is 3.40. The second-order valence-electron chi connectivity index (χ2n) is 9.54. The van der Waals surface area contributed by atoms with Gasteiger partial charge in [-0.15, -0.1) is 0 Å². The molecule has 2 amide bonds. The molecule has 1 aromatic rings. The standard InChI is InChI=1S/C23H32N4O6S/c1-16(2)13-17(14-21(29)25-9-11-33-12-10-25)23(30)26-8-6-18-22(26)19(28)15-27(18)34(31,32)20-5-3-4-7-24-20/h3-5,7,16-18,22H,6,8-15H2,1-2H3. The van der Waals surface area contributed by atoms with Crippen LogP contribution in [0.1, 0.15) is 33.1 Å². The number of rotatable bonds is 7. The van der Waals surface area contributed by atoms with Gasteiger partial charge in [0.15, 0.2) is 10.8 Å². The first-order valence-electron chi connectivity index (χ1n) is 11.8. The van der Waals surface area contributed by atoms with Crippen molar-refractivity contribution in [2.75, 3.05) is 39.4 Å². The minimum absolute atomic E-state index is 0.0784. The molecule has 4 heterocycles. The van der Waals surface area contributed by atoms with Gasteiger partial charge in [0.1, 0.15) is 6.04 Å². The molecule has 0 spiro atoms. The molecule has 11 heteroatoms. The van der Waals surface area contributed by atoms with Crippen LogP contribution in [-0.2, 0) is 29.1 Å². The lowest BCUT2D eigenvalue weighted by Crippen LogP contribution is -2.47. The number of ketones is 1. The largest absolute Gasteiger partial charge is 0.378 e. The van der Waals surface area contributed by atoms with Crippen molar-refractivity contribution in [1.29, 1.82) is 0 Å². The summed E-state index contributed by atoms with van der Waals surface area (Å²) < 4.78 is 32.8. The minimum atomic E-state index is -3.96. The molecule has 0 bridgehead atoms. The summed E-state index contributed by atoms with van der Waals surface area (Å²) in [5, 5.41) is -0.109. The number of amides is 2. The first-order valence-corrected chi connectivity index (χ1v) is 13.3. The van der Waals surface area contributed by atoms with Gasteiger partial charge >= 0.3 is 0 Å². The van der Waals surface area contributed by atoms with Crippen molar-refractivity contribution >= 4 is 27.6 Å². The highest BCUT2D eigenvalue weighted by Gasteiger charge is 2.54. The van der Waals surface area contributed by atoms with E-state index >= 15 is 0 Å². The number of ether oxygens (including phenoxy) is 1. The number of Topliss-reactive ketones (excluding diaryl/α,β-unsaturated/α-hetero) is 1. The number of pyridine rings is 1. The van der Waals surface area contributed by atoms with Crippen molar-refractivity contribution in [3.8, 4) is 0 Å². The highest BCUT2D eigenvalue weighted by Crippen LogP contribution is 2.35. The predicted molar refractivity (Wildman–Crippen MR) is 122 cm³/mol. The molecule has 0 N–H and O–H groups in total. The van der Waals surface area contributed by atoms with Crippen LogP contribution in [0.4, 0.5) is 0 Å². The van der Waals surface area contributed by atoms with Gasteiger partial charge < -0.3 is 14.5 Å². The SMILES string of the molecule is CC(C)CC(CC(=O)N1CCOCC1)C(=O)N1CCC2C1C(=O)CN2S(=O)(=O)c1ccccn1. The molecule has 186 valence electrons. The lowest BCUT2D eigenvalue weighted by Gasteiger charge is -2.31. The Morgan fingerprint density at radius 3 is 2.56 bits per heavy atom. The van der Waals surface area contributed by atoms with Crippen LogP contribution in [0.25, 0.3) is 0 Å². The number of aromatic nitrogens is 1. The zero-order valence-corrected chi connectivity index (χ0v) is 20.4. The molecule has 3 atom stereocenters. The van der Waals surface area contributed by atoms with Crippen LogP contribution >= 0.6 is 0 Å². The number of carbonyl (C=O) groups is 3. The zero-order valence-electron chi connectivity index (χ0n) is 19.6. The lowest BCUT2D eigenvalue weighted by molar-refractivity contribution is -0.145. The molecule has 3 unspecified atom stereocenters. The number of morpholine rings is 1. The Hall–Kier alpha value is -2.37. The van der Waals surface area contributed by atoms with Crippen LogP contribution in [0.5, 0.6) is 0 Å². The van der Waals surface area contributed by atoms with Gasteiger partial charge in [0.05, 0.1) is 25.8 Å². The van der Waals surface area contributed by atoms with Crippen molar-refractivity contribution in [1.82, 2.24) is 19.1 Å². The highest BCUT2D eigenvalue weighted by atomic mass is 32.2. The second-order valence-corrected chi connectivity index (χ2v) is 11.4. The van der Waals surface area contributed by atoms with E-state index in [-0.39, 0.29) is 48.1 Å². The maximum Gasteiger partial charge on any atom is 0.261 e. The number of hydrogen-bond acceptors (Lipinski definition) is 7. The van der Waals surface area contributed by atoms with Crippen LogP contribution in [0.15, 0.2) is 29.4 Å². The monoisotopic (exact) mass is 492 g/mol. The summed E-state index contributed by atoms with van der Waals surface area (Å²) in [5.74, 6) is -0.991. The van der Waals surface area contributed by atoms with Gasteiger partial charge in [-0.3, -0.25) is 14.4 Å². The predicted octanol–water partition coefficient (Wildman–Crippen LogP) is 0.536. The third kappa shape index (κ3) is 4.87. The van der Waals surface area contributed by atoms with E-state index in [1.165, 1.54) is 21.5 Å². The molecule has 3 fully saturated rings. The molecule has 34 heavy (non-hydrogen) atoms. The number of carbonyl (C=O) groups excluding carboxylic acids is 3. The summed E-state index contributed by atoms with van der Waals surface area (Å²) in [5.41, 5.74) is 0. The maximum absolute atomic E-state index is 13.6. The lowest BCUT2D eigenvalue weighted by atomic mass is 9.91. The van der Waals surface area contributed by atoms with Crippen LogP contribution in [0, 0.1) is 11.8 Å². The highest BCUT2D eigenvalue weighted by molar-refractivity contribution is 7.89. The van der Waals surface area contributed by atoms with Crippen molar-refractivity contribution < 1.29 is 27.5 Å². The Labute approximate surface area is 200 Å². The van der Waals surface area contributed by atoms with Crippen LogP contribution < -0.4 is 0 Å². The van der Waals surface area contributed by atoms with E-state index in [0.29, 0.717) is 39.1 Å². The summed E-state index contributed by atoms with van der Waals surface area (Å²) in [6.45, 7) is 5.98.